The Morgan fingerprint density at radius 1 is 1.48 bits per heavy atom. The fourth-order valence-electron chi connectivity index (χ4n) is 2.86. The van der Waals surface area contributed by atoms with Gasteiger partial charge in [-0.1, -0.05) is 13.0 Å². The Bertz CT molecular complexity index is 525. The predicted molar refractivity (Wildman–Crippen MR) is 91.4 cm³/mol. The molecular weight excluding hydrogens is 290 g/mol. The minimum absolute atomic E-state index is 0.0546. The molecule has 23 heavy (non-hydrogen) atoms. The Labute approximate surface area is 139 Å². The standard InChI is InChI=1S/C18H29N3O2/c1-5-14(21-17(22)23-18(2,3)4)12-20-15-10-6-8-13-9-7-11-19-16(13)15/h7,9,11,14-15,20H,5-6,8,10,12H2,1-4H3,(H,21,22). The van der Waals surface area contributed by atoms with Gasteiger partial charge in [-0.2, -0.15) is 0 Å². The minimum Gasteiger partial charge on any atom is -0.444 e. The number of hydrogen-bond donors (Lipinski definition) is 2. The maximum Gasteiger partial charge on any atom is 0.407 e. The predicted octanol–water partition coefficient (Wildman–Crippen LogP) is 3.35. The van der Waals surface area contributed by atoms with Crippen LogP contribution in [0.15, 0.2) is 18.3 Å². The highest BCUT2D eigenvalue weighted by Gasteiger charge is 2.23. The topological polar surface area (TPSA) is 63.2 Å². The van der Waals surface area contributed by atoms with Crippen LogP contribution in [0.2, 0.25) is 0 Å². The number of fused-ring (bicyclic) bond motifs is 1. The van der Waals surface area contributed by atoms with Crippen molar-refractivity contribution in [1.82, 2.24) is 15.6 Å². The van der Waals surface area contributed by atoms with Crippen LogP contribution < -0.4 is 10.6 Å². The third kappa shape index (κ3) is 5.50. The van der Waals surface area contributed by atoms with Gasteiger partial charge in [-0.25, -0.2) is 4.79 Å². The Morgan fingerprint density at radius 2 is 2.26 bits per heavy atom. The van der Waals surface area contributed by atoms with Crippen LogP contribution in [-0.2, 0) is 11.2 Å². The summed E-state index contributed by atoms with van der Waals surface area (Å²) in [7, 11) is 0. The summed E-state index contributed by atoms with van der Waals surface area (Å²) in [6, 6.07) is 4.49. The maximum atomic E-state index is 11.9. The second-order valence-corrected chi connectivity index (χ2v) is 7.15. The number of nitrogens with zero attached hydrogens (tertiary/aromatic N) is 1. The minimum atomic E-state index is -0.470. The van der Waals surface area contributed by atoms with E-state index >= 15 is 0 Å². The third-order valence-corrected chi connectivity index (χ3v) is 4.02. The van der Waals surface area contributed by atoms with Crippen LogP contribution in [0.3, 0.4) is 0 Å². The van der Waals surface area contributed by atoms with Crippen LogP contribution in [0.1, 0.15) is 64.3 Å². The molecule has 1 aliphatic carbocycles. The van der Waals surface area contributed by atoms with Gasteiger partial charge in [0.2, 0.25) is 0 Å². The van der Waals surface area contributed by atoms with E-state index in [4.69, 9.17) is 4.74 Å². The van der Waals surface area contributed by atoms with Crippen molar-refractivity contribution in [1.29, 1.82) is 0 Å². The molecule has 0 fully saturated rings. The first-order chi connectivity index (χ1) is 10.9. The molecule has 0 bridgehead atoms. The summed E-state index contributed by atoms with van der Waals surface area (Å²) in [5.41, 5.74) is 2.03. The smallest absolute Gasteiger partial charge is 0.407 e. The van der Waals surface area contributed by atoms with Crippen molar-refractivity contribution in [3.8, 4) is 0 Å². The second kappa shape index (κ2) is 7.77. The Kier molecular flexibility index (Phi) is 5.99. The summed E-state index contributed by atoms with van der Waals surface area (Å²) < 4.78 is 5.33. The fourth-order valence-corrected chi connectivity index (χ4v) is 2.86. The molecule has 0 aromatic carbocycles. The number of aryl methyl sites for hydroxylation is 1. The molecule has 0 spiro atoms. The third-order valence-electron chi connectivity index (χ3n) is 4.02. The molecule has 1 aliphatic rings. The number of pyridine rings is 1. The number of carbonyl (C=O) groups excluding carboxylic acids is 1. The SMILES string of the molecule is CCC(CNC1CCCc2cccnc21)NC(=O)OC(C)(C)C. The van der Waals surface area contributed by atoms with Crippen molar-refractivity contribution in [2.75, 3.05) is 6.54 Å². The lowest BCUT2D eigenvalue weighted by Crippen LogP contribution is -2.45. The highest BCUT2D eigenvalue weighted by molar-refractivity contribution is 5.68. The van der Waals surface area contributed by atoms with Crippen molar-refractivity contribution in [2.45, 2.75) is 71.1 Å². The maximum absolute atomic E-state index is 11.9. The fraction of sp³-hybridized carbons (Fsp3) is 0.667. The van der Waals surface area contributed by atoms with Gasteiger partial charge in [0, 0.05) is 24.8 Å². The monoisotopic (exact) mass is 319 g/mol. The van der Waals surface area contributed by atoms with E-state index in [-0.39, 0.29) is 18.2 Å². The zero-order chi connectivity index (χ0) is 16.9. The molecule has 2 N–H and O–H groups in total. The van der Waals surface area contributed by atoms with Gasteiger partial charge in [-0.15, -0.1) is 0 Å². The van der Waals surface area contributed by atoms with E-state index in [0.717, 1.165) is 31.5 Å². The van der Waals surface area contributed by atoms with Crippen molar-refractivity contribution < 1.29 is 9.53 Å². The molecule has 2 unspecified atom stereocenters. The van der Waals surface area contributed by atoms with Crippen LogP contribution in [0.4, 0.5) is 4.79 Å². The van der Waals surface area contributed by atoms with Gasteiger partial charge in [0.05, 0.1) is 5.69 Å². The van der Waals surface area contributed by atoms with Gasteiger partial charge in [-0.05, 0) is 58.1 Å². The van der Waals surface area contributed by atoms with Crippen LogP contribution >= 0.6 is 0 Å². The second-order valence-electron chi connectivity index (χ2n) is 7.15. The van der Waals surface area contributed by atoms with E-state index in [9.17, 15) is 4.79 Å². The average Bonchev–Trinajstić information content (AvgIpc) is 2.49. The van der Waals surface area contributed by atoms with Gasteiger partial charge in [-0.3, -0.25) is 4.98 Å². The van der Waals surface area contributed by atoms with Crippen molar-refractivity contribution in [3.63, 3.8) is 0 Å². The zero-order valence-corrected chi connectivity index (χ0v) is 14.7. The molecule has 0 aliphatic heterocycles. The molecule has 128 valence electrons. The van der Waals surface area contributed by atoms with Gasteiger partial charge in [0.15, 0.2) is 0 Å². The van der Waals surface area contributed by atoms with Gasteiger partial charge >= 0.3 is 6.09 Å². The zero-order valence-electron chi connectivity index (χ0n) is 14.7. The summed E-state index contributed by atoms with van der Waals surface area (Å²) in [5, 5.41) is 6.51. The van der Waals surface area contributed by atoms with E-state index in [2.05, 4.69) is 28.6 Å². The first kappa shape index (κ1) is 17.7. The molecule has 1 aromatic rings. The average molecular weight is 319 g/mol. The van der Waals surface area contributed by atoms with E-state index in [1.54, 1.807) is 0 Å². The van der Waals surface area contributed by atoms with Crippen LogP contribution in [0.5, 0.6) is 0 Å². The number of rotatable bonds is 5. The van der Waals surface area contributed by atoms with Crippen LogP contribution in [-0.4, -0.2) is 29.3 Å². The molecule has 1 amide bonds. The summed E-state index contributed by atoms with van der Waals surface area (Å²) in [6.45, 7) is 8.40. The normalized spacial score (nSPS) is 18.9. The molecule has 5 nitrogen and oxygen atoms in total. The molecule has 2 rings (SSSR count). The summed E-state index contributed by atoms with van der Waals surface area (Å²) in [4.78, 5) is 16.4. The molecule has 2 atom stereocenters. The van der Waals surface area contributed by atoms with E-state index in [1.807, 2.05) is 33.0 Å². The number of amides is 1. The quantitative estimate of drug-likeness (QED) is 0.873. The molecular formula is C18H29N3O2. The molecule has 5 heteroatoms. The highest BCUT2D eigenvalue weighted by atomic mass is 16.6. The molecule has 1 aromatic heterocycles. The molecule has 0 radical (unpaired) electrons. The van der Waals surface area contributed by atoms with Gasteiger partial charge in [0.25, 0.3) is 0 Å². The number of carbonyl (C=O) groups is 1. The Morgan fingerprint density at radius 3 is 2.96 bits per heavy atom. The van der Waals surface area contributed by atoms with Gasteiger partial charge in [0.1, 0.15) is 5.60 Å². The largest absolute Gasteiger partial charge is 0.444 e. The first-order valence-electron chi connectivity index (χ1n) is 8.55. The van der Waals surface area contributed by atoms with Crippen LogP contribution in [0, 0.1) is 0 Å². The van der Waals surface area contributed by atoms with E-state index in [1.165, 1.54) is 12.0 Å². The summed E-state index contributed by atoms with van der Waals surface area (Å²) in [5.74, 6) is 0. The first-order valence-corrected chi connectivity index (χ1v) is 8.55. The molecule has 0 saturated carbocycles. The number of nitrogens with one attached hydrogen (secondary N) is 2. The number of ether oxygens (including phenoxy) is 1. The molecule has 1 heterocycles. The lowest BCUT2D eigenvalue weighted by atomic mass is 9.92. The van der Waals surface area contributed by atoms with Crippen LogP contribution in [0.25, 0.3) is 0 Å². The van der Waals surface area contributed by atoms with E-state index < -0.39 is 5.60 Å². The Hall–Kier alpha value is -1.62. The van der Waals surface area contributed by atoms with E-state index in [0.29, 0.717) is 0 Å². The van der Waals surface area contributed by atoms with Crippen molar-refractivity contribution >= 4 is 6.09 Å². The number of hydrogen-bond acceptors (Lipinski definition) is 4. The number of alkyl carbamates (subject to hydrolysis) is 1. The lowest BCUT2D eigenvalue weighted by Gasteiger charge is -2.28. The van der Waals surface area contributed by atoms with Gasteiger partial charge < -0.3 is 15.4 Å². The summed E-state index contributed by atoms with van der Waals surface area (Å²) >= 11 is 0. The van der Waals surface area contributed by atoms with Crippen molar-refractivity contribution in [2.24, 2.45) is 0 Å². The summed E-state index contributed by atoms with van der Waals surface area (Å²) in [6.07, 6.45) is 5.73. The highest BCUT2D eigenvalue weighted by Crippen LogP contribution is 2.27. The molecule has 0 saturated heterocycles. The Balaban J connectivity index is 1.88. The lowest BCUT2D eigenvalue weighted by molar-refractivity contribution is 0.0501. The van der Waals surface area contributed by atoms with Crippen molar-refractivity contribution in [3.05, 3.63) is 29.6 Å². The number of aromatic nitrogens is 1.